The maximum absolute atomic E-state index is 13.6. The fraction of sp³-hybridized carbons (Fsp3) is 0.214. The molecule has 0 fully saturated rings. The van der Waals surface area contributed by atoms with E-state index in [0.717, 1.165) is 5.56 Å². The Labute approximate surface area is 116 Å². The Morgan fingerprint density at radius 1 is 0.952 bits per heavy atom. The Morgan fingerprint density at radius 2 is 1.57 bits per heavy atom. The van der Waals surface area contributed by atoms with E-state index < -0.39 is 40.8 Å². The van der Waals surface area contributed by atoms with Crippen molar-refractivity contribution >= 4 is 5.69 Å². The molecule has 1 aromatic heterocycles. The summed E-state index contributed by atoms with van der Waals surface area (Å²) in [5.74, 6) is -9.82. The quantitative estimate of drug-likeness (QED) is 0.517. The van der Waals surface area contributed by atoms with E-state index in [0.29, 0.717) is 18.5 Å². The Hall–Kier alpha value is -2.18. The highest BCUT2D eigenvalue weighted by Gasteiger charge is 2.30. The van der Waals surface area contributed by atoms with E-state index in [2.05, 4.69) is 10.3 Å². The van der Waals surface area contributed by atoms with E-state index in [1.807, 2.05) is 6.07 Å². The first-order valence-electron chi connectivity index (χ1n) is 6.22. The fourth-order valence-electron chi connectivity index (χ4n) is 2.46. The summed E-state index contributed by atoms with van der Waals surface area (Å²) in [5, 5.41) is 2.38. The molecule has 2 nitrogen and oxygen atoms in total. The number of anilines is 1. The van der Waals surface area contributed by atoms with Crippen molar-refractivity contribution in [1.82, 2.24) is 4.98 Å². The normalized spacial score (nSPS) is 16.9. The molecule has 110 valence electrons. The molecular weight excluding hydrogens is 291 g/mol. The molecule has 0 amide bonds. The highest BCUT2D eigenvalue weighted by molar-refractivity contribution is 5.50. The number of fused-ring (bicyclic) bond motifs is 1. The van der Waals surface area contributed by atoms with E-state index in [4.69, 9.17) is 0 Å². The van der Waals surface area contributed by atoms with Crippen LogP contribution in [0.15, 0.2) is 18.3 Å². The molecule has 0 radical (unpaired) electrons. The van der Waals surface area contributed by atoms with Gasteiger partial charge in [0.2, 0.25) is 5.82 Å². The molecular formula is C14H9F5N2. The number of aryl methyl sites for hydroxylation is 1. The maximum Gasteiger partial charge on any atom is 0.200 e. The number of aromatic nitrogens is 1. The molecule has 1 atom stereocenters. The molecule has 1 aliphatic carbocycles. The molecule has 0 spiro atoms. The first kappa shape index (κ1) is 13.8. The summed E-state index contributed by atoms with van der Waals surface area (Å²) < 4.78 is 66.6. The van der Waals surface area contributed by atoms with Gasteiger partial charge in [-0.05, 0) is 24.5 Å². The minimum Gasteiger partial charge on any atom is -0.372 e. The number of hydrogen-bond acceptors (Lipinski definition) is 2. The van der Waals surface area contributed by atoms with E-state index in [1.54, 1.807) is 6.07 Å². The predicted molar refractivity (Wildman–Crippen MR) is 65.2 cm³/mol. The van der Waals surface area contributed by atoms with Crippen molar-refractivity contribution in [3.8, 4) is 0 Å². The van der Waals surface area contributed by atoms with Crippen molar-refractivity contribution in [3.63, 3.8) is 0 Å². The highest BCUT2D eigenvalue weighted by Crippen LogP contribution is 2.35. The standard InChI is InChI=1S/C14H9F5N2/c15-8-9(16)11(18)14(12(19)10(8)17)21-7-4-3-6-2-1-5-20-13(6)7/h1-2,5,7,21H,3-4H2. The molecule has 0 saturated heterocycles. The van der Waals surface area contributed by atoms with E-state index in [9.17, 15) is 22.0 Å². The lowest BCUT2D eigenvalue weighted by Crippen LogP contribution is -2.14. The Kier molecular flexibility index (Phi) is 3.27. The molecule has 1 aromatic carbocycles. The van der Waals surface area contributed by atoms with Crippen LogP contribution in [0.4, 0.5) is 27.6 Å². The van der Waals surface area contributed by atoms with Crippen molar-refractivity contribution in [3.05, 3.63) is 58.7 Å². The Morgan fingerprint density at radius 3 is 2.24 bits per heavy atom. The van der Waals surface area contributed by atoms with Crippen molar-refractivity contribution in [1.29, 1.82) is 0 Å². The highest BCUT2D eigenvalue weighted by atomic mass is 19.2. The number of pyridine rings is 1. The number of nitrogens with zero attached hydrogens (tertiary/aromatic N) is 1. The van der Waals surface area contributed by atoms with Gasteiger partial charge in [-0.15, -0.1) is 0 Å². The Bertz CT molecular complexity index is 688. The van der Waals surface area contributed by atoms with Crippen LogP contribution in [0.25, 0.3) is 0 Å². The van der Waals surface area contributed by atoms with Gasteiger partial charge in [0.15, 0.2) is 23.3 Å². The second kappa shape index (κ2) is 4.98. The van der Waals surface area contributed by atoms with Crippen LogP contribution in [0.5, 0.6) is 0 Å². The molecule has 1 heterocycles. The van der Waals surface area contributed by atoms with Crippen LogP contribution in [0.2, 0.25) is 0 Å². The number of benzene rings is 1. The maximum atomic E-state index is 13.6. The summed E-state index contributed by atoms with van der Waals surface area (Å²) in [6.07, 6.45) is 2.60. The lowest BCUT2D eigenvalue weighted by Gasteiger charge is -2.16. The summed E-state index contributed by atoms with van der Waals surface area (Å²) in [6, 6.07) is 2.94. The van der Waals surface area contributed by atoms with Gasteiger partial charge in [0.25, 0.3) is 0 Å². The van der Waals surface area contributed by atoms with Crippen LogP contribution in [0.1, 0.15) is 23.7 Å². The summed E-state index contributed by atoms with van der Waals surface area (Å²) >= 11 is 0. The SMILES string of the molecule is Fc1c(F)c(F)c(NC2CCc3cccnc32)c(F)c1F. The average molecular weight is 300 g/mol. The fourth-order valence-corrected chi connectivity index (χ4v) is 2.46. The molecule has 0 bridgehead atoms. The predicted octanol–water partition coefficient (Wildman–Crippen LogP) is 3.88. The van der Waals surface area contributed by atoms with Gasteiger partial charge < -0.3 is 5.32 Å². The zero-order valence-electron chi connectivity index (χ0n) is 10.6. The number of rotatable bonds is 2. The van der Waals surface area contributed by atoms with Crippen molar-refractivity contribution in [2.75, 3.05) is 5.32 Å². The first-order valence-corrected chi connectivity index (χ1v) is 6.22. The third kappa shape index (κ3) is 2.12. The van der Waals surface area contributed by atoms with Crippen LogP contribution >= 0.6 is 0 Å². The van der Waals surface area contributed by atoms with Gasteiger partial charge in [0.1, 0.15) is 5.69 Å². The van der Waals surface area contributed by atoms with Gasteiger partial charge >= 0.3 is 0 Å². The van der Waals surface area contributed by atoms with Gasteiger partial charge in [-0.2, -0.15) is 0 Å². The molecule has 1 unspecified atom stereocenters. The van der Waals surface area contributed by atoms with Crippen LogP contribution in [0.3, 0.4) is 0 Å². The number of halogens is 5. The zero-order valence-corrected chi connectivity index (χ0v) is 10.6. The van der Waals surface area contributed by atoms with Gasteiger partial charge in [0.05, 0.1) is 11.7 Å². The van der Waals surface area contributed by atoms with Crippen LogP contribution < -0.4 is 5.32 Å². The van der Waals surface area contributed by atoms with Gasteiger partial charge in [-0.1, -0.05) is 6.07 Å². The molecule has 2 aromatic rings. The molecule has 3 rings (SSSR count). The van der Waals surface area contributed by atoms with Crippen LogP contribution in [0, 0.1) is 29.1 Å². The van der Waals surface area contributed by atoms with Gasteiger partial charge in [0, 0.05) is 6.20 Å². The van der Waals surface area contributed by atoms with E-state index in [1.165, 1.54) is 6.20 Å². The smallest absolute Gasteiger partial charge is 0.200 e. The van der Waals surface area contributed by atoms with Crippen molar-refractivity contribution < 1.29 is 22.0 Å². The lowest BCUT2D eigenvalue weighted by atomic mass is 10.2. The monoisotopic (exact) mass is 300 g/mol. The second-order valence-electron chi connectivity index (χ2n) is 4.73. The van der Waals surface area contributed by atoms with Crippen molar-refractivity contribution in [2.24, 2.45) is 0 Å². The molecule has 1 aliphatic rings. The first-order chi connectivity index (χ1) is 10.0. The summed E-state index contributed by atoms with van der Waals surface area (Å²) in [7, 11) is 0. The molecule has 7 heteroatoms. The van der Waals surface area contributed by atoms with E-state index >= 15 is 0 Å². The zero-order chi connectivity index (χ0) is 15.1. The summed E-state index contributed by atoms with van der Waals surface area (Å²) in [5.41, 5.74) is 0.426. The molecule has 0 saturated carbocycles. The molecule has 1 N–H and O–H groups in total. The third-order valence-corrected chi connectivity index (χ3v) is 3.49. The van der Waals surface area contributed by atoms with Crippen LogP contribution in [-0.4, -0.2) is 4.98 Å². The second-order valence-corrected chi connectivity index (χ2v) is 4.73. The topological polar surface area (TPSA) is 24.9 Å². The summed E-state index contributed by atoms with van der Waals surface area (Å²) in [6.45, 7) is 0. The van der Waals surface area contributed by atoms with Crippen LogP contribution in [-0.2, 0) is 6.42 Å². The van der Waals surface area contributed by atoms with Gasteiger partial charge in [-0.25, -0.2) is 22.0 Å². The molecule has 0 aliphatic heterocycles. The minimum atomic E-state index is -2.17. The average Bonchev–Trinajstić information content (AvgIpc) is 2.91. The minimum absolute atomic E-state index is 0.464. The number of hydrogen-bond donors (Lipinski definition) is 1. The number of nitrogens with one attached hydrogen (secondary N) is 1. The van der Waals surface area contributed by atoms with Gasteiger partial charge in [-0.3, -0.25) is 4.98 Å². The Balaban J connectivity index is 2.01. The lowest BCUT2D eigenvalue weighted by molar-refractivity contribution is 0.380. The molecule has 21 heavy (non-hydrogen) atoms. The third-order valence-electron chi connectivity index (χ3n) is 3.49. The summed E-state index contributed by atoms with van der Waals surface area (Å²) in [4.78, 5) is 4.09. The van der Waals surface area contributed by atoms with Crippen molar-refractivity contribution in [2.45, 2.75) is 18.9 Å². The van der Waals surface area contributed by atoms with E-state index in [-0.39, 0.29) is 0 Å². The largest absolute Gasteiger partial charge is 0.372 e.